The topological polar surface area (TPSA) is 94.3 Å². The average Bonchev–Trinajstić information content (AvgIpc) is 3.50. The smallest absolute Gasteiger partial charge is 0.236 e. The summed E-state index contributed by atoms with van der Waals surface area (Å²) >= 11 is 0. The molecule has 234 valence electrons. The Morgan fingerprint density at radius 2 is 1.78 bits per heavy atom. The number of hydrogen-bond donors (Lipinski definition) is 1. The number of carbonyl (C=O) groups is 2. The molecule has 1 aromatic heterocycles. The molecule has 3 aromatic carbocycles. The normalized spacial score (nSPS) is 14.7. The highest BCUT2D eigenvalue weighted by atomic mass is 16.2. The summed E-state index contributed by atoms with van der Waals surface area (Å²) in [6, 6.07) is 24.2. The van der Waals surface area contributed by atoms with Gasteiger partial charge in [-0.1, -0.05) is 74.9 Å². The van der Waals surface area contributed by atoms with Crippen LogP contribution in [-0.4, -0.2) is 63.4 Å². The minimum absolute atomic E-state index is 0.0608. The van der Waals surface area contributed by atoms with Crippen LogP contribution in [-0.2, 0) is 29.1 Å². The summed E-state index contributed by atoms with van der Waals surface area (Å²) in [6.45, 7) is 8.05. The molecule has 1 aliphatic heterocycles. The first-order valence-corrected chi connectivity index (χ1v) is 16.2. The largest absolute Gasteiger partial charge is 0.351 e. The Hall–Kier alpha value is -4.48. The van der Waals surface area contributed by atoms with Gasteiger partial charge >= 0.3 is 0 Å². The SMILES string of the molecule is CCC(C)[C@@H](CN(CC(=O)N1CCCCC1)Cc1cccc2ccccc12)NC(=O)Cc1cncn1Cc1ccc(C#N)cc1. The Balaban J connectivity index is 1.31. The lowest BCUT2D eigenvalue weighted by molar-refractivity contribution is -0.133. The number of benzene rings is 3. The molecular formula is C37H44N6O2. The summed E-state index contributed by atoms with van der Waals surface area (Å²) in [4.78, 5) is 35.6. The number of piperidine rings is 1. The number of likely N-dealkylation sites (tertiary alicyclic amines) is 1. The van der Waals surface area contributed by atoms with E-state index in [2.05, 4.69) is 77.6 Å². The highest BCUT2D eigenvalue weighted by Gasteiger charge is 2.26. The van der Waals surface area contributed by atoms with Gasteiger partial charge in [0.05, 0.1) is 30.9 Å². The summed E-state index contributed by atoms with van der Waals surface area (Å²) in [7, 11) is 0. The molecule has 45 heavy (non-hydrogen) atoms. The summed E-state index contributed by atoms with van der Waals surface area (Å²) < 4.78 is 1.98. The van der Waals surface area contributed by atoms with Crippen molar-refractivity contribution in [3.63, 3.8) is 0 Å². The molecule has 0 aliphatic carbocycles. The molecule has 2 amide bonds. The monoisotopic (exact) mass is 604 g/mol. The van der Waals surface area contributed by atoms with Crippen molar-refractivity contribution in [3.05, 3.63) is 102 Å². The first-order chi connectivity index (χ1) is 21.9. The number of nitrogens with one attached hydrogen (secondary N) is 1. The van der Waals surface area contributed by atoms with Crippen molar-refractivity contribution in [2.24, 2.45) is 5.92 Å². The van der Waals surface area contributed by atoms with Crippen molar-refractivity contribution in [1.82, 2.24) is 24.7 Å². The van der Waals surface area contributed by atoms with E-state index in [9.17, 15) is 9.59 Å². The summed E-state index contributed by atoms with van der Waals surface area (Å²) in [6.07, 6.45) is 7.89. The molecular weight excluding hydrogens is 560 g/mol. The molecule has 2 heterocycles. The predicted molar refractivity (Wildman–Crippen MR) is 177 cm³/mol. The lowest BCUT2D eigenvalue weighted by Gasteiger charge is -2.34. The van der Waals surface area contributed by atoms with Gasteiger partial charge in [0, 0.05) is 50.7 Å². The average molecular weight is 605 g/mol. The Kier molecular flexibility index (Phi) is 11.0. The number of rotatable bonds is 13. The van der Waals surface area contributed by atoms with Crippen LogP contribution in [0.5, 0.6) is 0 Å². The van der Waals surface area contributed by atoms with Crippen LogP contribution in [0, 0.1) is 17.2 Å². The molecule has 0 saturated carbocycles. The first-order valence-electron chi connectivity index (χ1n) is 16.2. The van der Waals surface area contributed by atoms with Gasteiger partial charge in [-0.15, -0.1) is 0 Å². The van der Waals surface area contributed by atoms with Gasteiger partial charge in [-0.2, -0.15) is 5.26 Å². The molecule has 2 atom stereocenters. The molecule has 8 nitrogen and oxygen atoms in total. The fourth-order valence-electron chi connectivity index (χ4n) is 6.16. The minimum Gasteiger partial charge on any atom is -0.351 e. The molecule has 1 aliphatic rings. The maximum Gasteiger partial charge on any atom is 0.236 e. The second kappa shape index (κ2) is 15.5. The molecule has 0 bridgehead atoms. The number of nitriles is 1. The van der Waals surface area contributed by atoms with Crippen LogP contribution in [0.1, 0.15) is 61.9 Å². The van der Waals surface area contributed by atoms with Gasteiger partial charge in [0.25, 0.3) is 0 Å². The molecule has 1 N–H and O–H groups in total. The summed E-state index contributed by atoms with van der Waals surface area (Å²) in [5, 5.41) is 14.8. The molecule has 8 heteroatoms. The third kappa shape index (κ3) is 8.58. The zero-order valence-electron chi connectivity index (χ0n) is 26.5. The van der Waals surface area contributed by atoms with Gasteiger partial charge in [0.15, 0.2) is 0 Å². The van der Waals surface area contributed by atoms with Crippen molar-refractivity contribution in [1.29, 1.82) is 5.26 Å². The fourth-order valence-corrected chi connectivity index (χ4v) is 6.16. The number of imidazole rings is 1. The maximum absolute atomic E-state index is 13.5. The van der Waals surface area contributed by atoms with E-state index < -0.39 is 0 Å². The zero-order chi connectivity index (χ0) is 31.6. The fraction of sp³-hybridized carbons (Fsp3) is 0.405. The van der Waals surface area contributed by atoms with E-state index in [1.165, 1.54) is 22.8 Å². The molecule has 0 spiro atoms. The third-order valence-corrected chi connectivity index (χ3v) is 9.05. The molecule has 1 fully saturated rings. The van der Waals surface area contributed by atoms with E-state index in [4.69, 9.17) is 5.26 Å². The Morgan fingerprint density at radius 1 is 1.02 bits per heavy atom. The van der Waals surface area contributed by atoms with Crippen LogP contribution >= 0.6 is 0 Å². The third-order valence-electron chi connectivity index (χ3n) is 9.05. The number of hydrogen-bond acceptors (Lipinski definition) is 5. The summed E-state index contributed by atoms with van der Waals surface area (Å²) in [5.74, 6) is 0.322. The van der Waals surface area contributed by atoms with Gasteiger partial charge < -0.3 is 14.8 Å². The predicted octanol–water partition coefficient (Wildman–Crippen LogP) is 5.54. The van der Waals surface area contributed by atoms with E-state index in [0.29, 0.717) is 31.7 Å². The van der Waals surface area contributed by atoms with E-state index in [-0.39, 0.29) is 30.2 Å². The van der Waals surface area contributed by atoms with Gasteiger partial charge in [-0.3, -0.25) is 14.5 Å². The molecule has 0 radical (unpaired) electrons. The number of aromatic nitrogens is 2. The molecule has 4 aromatic rings. The van der Waals surface area contributed by atoms with E-state index >= 15 is 0 Å². The second-order valence-electron chi connectivity index (χ2n) is 12.3. The molecule has 1 unspecified atom stereocenters. The van der Waals surface area contributed by atoms with E-state index in [1.807, 2.05) is 21.6 Å². The Morgan fingerprint density at radius 3 is 2.53 bits per heavy atom. The first kappa shape index (κ1) is 31.9. The highest BCUT2D eigenvalue weighted by molar-refractivity contribution is 5.85. The van der Waals surface area contributed by atoms with Crippen molar-refractivity contribution in [3.8, 4) is 6.07 Å². The highest BCUT2D eigenvalue weighted by Crippen LogP contribution is 2.22. The van der Waals surface area contributed by atoms with Crippen LogP contribution in [0.15, 0.2) is 79.3 Å². The number of fused-ring (bicyclic) bond motifs is 1. The van der Waals surface area contributed by atoms with Crippen LogP contribution in [0.25, 0.3) is 10.8 Å². The quantitative estimate of drug-likeness (QED) is 0.216. The van der Waals surface area contributed by atoms with Gasteiger partial charge in [0.2, 0.25) is 11.8 Å². The molecule has 5 rings (SSSR count). The number of carbonyl (C=O) groups excluding carboxylic acids is 2. The number of nitrogens with zero attached hydrogens (tertiary/aromatic N) is 5. The van der Waals surface area contributed by atoms with Crippen molar-refractivity contribution in [2.45, 2.75) is 65.1 Å². The van der Waals surface area contributed by atoms with Crippen LogP contribution in [0.4, 0.5) is 0 Å². The van der Waals surface area contributed by atoms with E-state index in [0.717, 1.165) is 43.6 Å². The number of amides is 2. The van der Waals surface area contributed by atoms with Gasteiger partial charge in [-0.25, -0.2) is 4.98 Å². The maximum atomic E-state index is 13.5. The van der Waals surface area contributed by atoms with Crippen LogP contribution in [0.2, 0.25) is 0 Å². The van der Waals surface area contributed by atoms with Crippen molar-refractivity contribution >= 4 is 22.6 Å². The second-order valence-corrected chi connectivity index (χ2v) is 12.3. The lowest BCUT2D eigenvalue weighted by Crippen LogP contribution is -2.50. The van der Waals surface area contributed by atoms with Crippen molar-refractivity contribution < 1.29 is 9.59 Å². The Labute approximate surface area is 266 Å². The Bertz CT molecular complexity index is 1610. The van der Waals surface area contributed by atoms with Crippen LogP contribution < -0.4 is 5.32 Å². The lowest BCUT2D eigenvalue weighted by atomic mass is 9.97. The molecule has 1 saturated heterocycles. The zero-order valence-corrected chi connectivity index (χ0v) is 26.5. The standard InChI is InChI=1S/C37H44N6O2/c1-3-28(2)35(40-36(44)20-33-22-39-27-43(33)23-30-16-14-29(21-38)15-17-30)25-41(26-37(45)42-18-7-4-8-19-42)24-32-12-9-11-31-10-5-6-13-34(31)32/h5-6,9-17,22,27-28,35H,3-4,7-8,18-20,23-26H2,1-2H3,(H,40,44)/t28?,35-/m1/s1. The summed E-state index contributed by atoms with van der Waals surface area (Å²) in [5.41, 5.74) is 3.66. The van der Waals surface area contributed by atoms with E-state index in [1.54, 1.807) is 24.7 Å². The van der Waals surface area contributed by atoms with Gasteiger partial charge in [-0.05, 0) is 59.2 Å². The van der Waals surface area contributed by atoms with Crippen molar-refractivity contribution in [2.75, 3.05) is 26.2 Å². The minimum atomic E-state index is -0.124. The van der Waals surface area contributed by atoms with Crippen LogP contribution in [0.3, 0.4) is 0 Å². The van der Waals surface area contributed by atoms with Gasteiger partial charge in [0.1, 0.15) is 0 Å².